The van der Waals surface area contributed by atoms with Crippen LogP contribution in [0.2, 0.25) is 0 Å². The molecule has 1 atom stereocenters. The molecule has 7 nitrogen and oxygen atoms in total. The van der Waals surface area contributed by atoms with Crippen LogP contribution in [0.15, 0.2) is 53.1 Å². The van der Waals surface area contributed by atoms with E-state index in [1.165, 1.54) is 12.1 Å². The van der Waals surface area contributed by atoms with Crippen LogP contribution in [-0.2, 0) is 11.2 Å². The predicted octanol–water partition coefficient (Wildman–Crippen LogP) is 3.47. The number of nitrogens with zero attached hydrogens (tertiary/aromatic N) is 2. The van der Waals surface area contributed by atoms with E-state index in [1.807, 2.05) is 20.0 Å². The first-order chi connectivity index (χ1) is 13.6. The number of para-hydroxylation sites is 2. The van der Waals surface area contributed by atoms with E-state index >= 15 is 0 Å². The van der Waals surface area contributed by atoms with Crippen LogP contribution >= 0.6 is 12.4 Å². The van der Waals surface area contributed by atoms with Gasteiger partial charge in [-0.05, 0) is 38.2 Å². The molecule has 0 aliphatic carbocycles. The molecule has 1 amide bonds. The first-order valence-electron chi connectivity index (χ1n) is 8.83. The van der Waals surface area contributed by atoms with Gasteiger partial charge in [0.1, 0.15) is 11.6 Å². The summed E-state index contributed by atoms with van der Waals surface area (Å²) in [4.78, 5) is 16.5. The second kappa shape index (κ2) is 10.5. The fourth-order valence-corrected chi connectivity index (χ4v) is 2.48. The largest absolute Gasteiger partial charge is 0.483 e. The molecular formula is C20H22ClFN4O3. The Labute approximate surface area is 174 Å². The molecular weight excluding hydrogens is 399 g/mol. The number of nitrogens with one attached hydrogen (secondary N) is 2. The molecule has 9 heteroatoms. The quantitative estimate of drug-likeness (QED) is 0.580. The van der Waals surface area contributed by atoms with Crippen molar-refractivity contribution in [2.45, 2.75) is 19.4 Å². The summed E-state index contributed by atoms with van der Waals surface area (Å²) in [5.74, 6) is 0.315. The standard InChI is InChI=1S/C20H21FN4O3.ClH/c1-13(22-2)11-18-24-20(28-25-18)14-7-3-6-10-17(14)27-12-19(26)23-16-9-5-4-8-15(16)21;/h3-10,13,22H,11-12H2,1-2H3,(H,23,26);1H. The molecule has 1 heterocycles. The first-order valence-corrected chi connectivity index (χ1v) is 8.83. The fourth-order valence-electron chi connectivity index (χ4n) is 2.48. The number of anilines is 1. The van der Waals surface area contributed by atoms with Crippen molar-refractivity contribution in [2.24, 2.45) is 0 Å². The Bertz CT molecular complexity index is 951. The van der Waals surface area contributed by atoms with Gasteiger partial charge in [-0.25, -0.2) is 4.39 Å². The van der Waals surface area contributed by atoms with Crippen LogP contribution in [0.4, 0.5) is 10.1 Å². The summed E-state index contributed by atoms with van der Waals surface area (Å²) < 4.78 is 24.6. The molecule has 2 N–H and O–H groups in total. The van der Waals surface area contributed by atoms with Gasteiger partial charge >= 0.3 is 0 Å². The van der Waals surface area contributed by atoms with E-state index in [4.69, 9.17) is 9.26 Å². The molecule has 2 aromatic carbocycles. The summed E-state index contributed by atoms with van der Waals surface area (Å²) in [6.45, 7) is 1.73. The van der Waals surface area contributed by atoms with Crippen LogP contribution in [-0.4, -0.2) is 35.7 Å². The Morgan fingerprint density at radius 3 is 2.69 bits per heavy atom. The van der Waals surface area contributed by atoms with E-state index in [0.717, 1.165) is 0 Å². The van der Waals surface area contributed by atoms with Gasteiger partial charge in [0, 0.05) is 12.5 Å². The second-order valence-corrected chi connectivity index (χ2v) is 6.22. The Kier molecular flexibility index (Phi) is 8.11. The molecule has 154 valence electrons. The van der Waals surface area contributed by atoms with Crippen molar-refractivity contribution in [3.05, 3.63) is 60.2 Å². The number of amides is 1. The van der Waals surface area contributed by atoms with Gasteiger partial charge in [-0.2, -0.15) is 4.98 Å². The summed E-state index contributed by atoms with van der Waals surface area (Å²) in [5, 5.41) is 9.57. The first kappa shape index (κ1) is 22.3. The van der Waals surface area contributed by atoms with Gasteiger partial charge in [-0.3, -0.25) is 4.79 Å². The SMILES string of the molecule is CNC(C)Cc1noc(-c2ccccc2OCC(=O)Nc2ccccc2F)n1.Cl. The van der Waals surface area contributed by atoms with Crippen molar-refractivity contribution in [1.82, 2.24) is 15.5 Å². The maximum absolute atomic E-state index is 13.6. The lowest BCUT2D eigenvalue weighted by molar-refractivity contribution is -0.118. The number of hydrogen-bond donors (Lipinski definition) is 2. The molecule has 1 aromatic heterocycles. The average Bonchev–Trinajstić information content (AvgIpc) is 3.16. The average molecular weight is 421 g/mol. The zero-order chi connectivity index (χ0) is 19.9. The predicted molar refractivity (Wildman–Crippen MR) is 110 cm³/mol. The minimum absolute atomic E-state index is 0. The molecule has 0 bridgehead atoms. The van der Waals surface area contributed by atoms with E-state index in [-0.39, 0.29) is 30.7 Å². The summed E-state index contributed by atoms with van der Waals surface area (Å²) in [7, 11) is 1.86. The Morgan fingerprint density at radius 1 is 1.21 bits per heavy atom. The van der Waals surface area contributed by atoms with Gasteiger partial charge in [0.15, 0.2) is 12.4 Å². The van der Waals surface area contributed by atoms with Crippen LogP contribution in [0, 0.1) is 5.82 Å². The van der Waals surface area contributed by atoms with Crippen molar-refractivity contribution in [3.8, 4) is 17.2 Å². The smallest absolute Gasteiger partial charge is 0.262 e. The van der Waals surface area contributed by atoms with Crippen LogP contribution in [0.25, 0.3) is 11.5 Å². The molecule has 0 aliphatic heterocycles. The minimum Gasteiger partial charge on any atom is -0.483 e. The van der Waals surface area contributed by atoms with Gasteiger partial charge in [0.2, 0.25) is 0 Å². The number of benzene rings is 2. The normalized spacial score (nSPS) is 11.4. The number of halogens is 2. The number of aromatic nitrogens is 2. The zero-order valence-electron chi connectivity index (χ0n) is 16.0. The lowest BCUT2D eigenvalue weighted by atomic mass is 10.2. The lowest BCUT2D eigenvalue weighted by Gasteiger charge is -2.10. The molecule has 0 saturated heterocycles. The second-order valence-electron chi connectivity index (χ2n) is 6.22. The number of carbonyl (C=O) groups is 1. The van der Waals surface area contributed by atoms with Gasteiger partial charge in [-0.1, -0.05) is 29.4 Å². The maximum atomic E-state index is 13.6. The van der Waals surface area contributed by atoms with Gasteiger partial charge in [-0.15, -0.1) is 12.4 Å². The molecule has 0 aliphatic rings. The highest BCUT2D eigenvalue weighted by Crippen LogP contribution is 2.28. The Morgan fingerprint density at radius 2 is 1.93 bits per heavy atom. The highest BCUT2D eigenvalue weighted by molar-refractivity contribution is 5.92. The van der Waals surface area contributed by atoms with Crippen molar-refractivity contribution in [2.75, 3.05) is 19.0 Å². The van der Waals surface area contributed by atoms with E-state index in [1.54, 1.807) is 30.3 Å². The van der Waals surface area contributed by atoms with E-state index < -0.39 is 11.7 Å². The molecule has 29 heavy (non-hydrogen) atoms. The zero-order valence-corrected chi connectivity index (χ0v) is 16.8. The molecule has 0 spiro atoms. The van der Waals surface area contributed by atoms with E-state index in [2.05, 4.69) is 20.8 Å². The number of ether oxygens (including phenoxy) is 1. The van der Waals surface area contributed by atoms with Crippen molar-refractivity contribution >= 4 is 24.0 Å². The van der Waals surface area contributed by atoms with Crippen molar-refractivity contribution < 1.29 is 18.4 Å². The number of rotatable bonds is 8. The molecule has 3 aromatic rings. The highest BCUT2D eigenvalue weighted by Gasteiger charge is 2.16. The monoisotopic (exact) mass is 420 g/mol. The molecule has 0 radical (unpaired) electrons. The fraction of sp³-hybridized carbons (Fsp3) is 0.250. The third-order valence-corrected chi connectivity index (χ3v) is 4.07. The number of carbonyl (C=O) groups excluding carboxylic acids is 1. The third kappa shape index (κ3) is 6.00. The van der Waals surface area contributed by atoms with Gasteiger partial charge < -0.3 is 19.9 Å². The summed E-state index contributed by atoms with van der Waals surface area (Å²) in [6.07, 6.45) is 0.619. The molecule has 0 saturated carbocycles. The van der Waals surface area contributed by atoms with Crippen molar-refractivity contribution in [3.63, 3.8) is 0 Å². The van der Waals surface area contributed by atoms with Crippen LogP contribution in [0.3, 0.4) is 0 Å². The van der Waals surface area contributed by atoms with Crippen LogP contribution in [0.5, 0.6) is 5.75 Å². The maximum Gasteiger partial charge on any atom is 0.262 e. The van der Waals surface area contributed by atoms with Gasteiger partial charge in [0.25, 0.3) is 11.8 Å². The number of likely N-dealkylation sites (N-methyl/N-ethyl adjacent to an activating group) is 1. The summed E-state index contributed by atoms with van der Waals surface area (Å²) in [6, 6.07) is 13.2. The number of hydrogen-bond acceptors (Lipinski definition) is 6. The van der Waals surface area contributed by atoms with Crippen LogP contribution in [0.1, 0.15) is 12.7 Å². The van der Waals surface area contributed by atoms with Crippen LogP contribution < -0.4 is 15.4 Å². The lowest BCUT2D eigenvalue weighted by Crippen LogP contribution is -2.24. The summed E-state index contributed by atoms with van der Waals surface area (Å²) in [5.41, 5.74) is 0.682. The Balaban J connectivity index is 0.00000300. The van der Waals surface area contributed by atoms with Crippen molar-refractivity contribution in [1.29, 1.82) is 0 Å². The van der Waals surface area contributed by atoms with E-state index in [9.17, 15) is 9.18 Å². The molecule has 1 unspecified atom stereocenters. The Hall–Kier alpha value is -2.97. The topological polar surface area (TPSA) is 89.3 Å². The van der Waals surface area contributed by atoms with E-state index in [0.29, 0.717) is 29.4 Å². The minimum atomic E-state index is -0.509. The summed E-state index contributed by atoms with van der Waals surface area (Å²) >= 11 is 0. The highest BCUT2D eigenvalue weighted by atomic mass is 35.5. The molecule has 3 rings (SSSR count). The molecule has 0 fully saturated rings. The third-order valence-electron chi connectivity index (χ3n) is 4.07. The van der Waals surface area contributed by atoms with Gasteiger partial charge in [0.05, 0.1) is 11.3 Å².